The van der Waals surface area contributed by atoms with E-state index in [0.29, 0.717) is 17.7 Å². The monoisotopic (exact) mass is 345 g/mol. The third-order valence-corrected chi connectivity index (χ3v) is 3.60. The molecule has 0 unspecified atom stereocenters. The van der Waals surface area contributed by atoms with Crippen LogP contribution in [-0.4, -0.2) is 25.6 Å². The van der Waals surface area contributed by atoms with Crippen molar-refractivity contribution in [3.05, 3.63) is 59.4 Å². The number of hydrogen-bond acceptors (Lipinski definition) is 4. The fraction of sp³-hybridized carbons (Fsp3) is 0.263. The summed E-state index contributed by atoms with van der Waals surface area (Å²) < 4.78 is 23.4. The van der Waals surface area contributed by atoms with Crippen LogP contribution in [0.3, 0.4) is 0 Å². The normalized spacial score (nSPS) is 10.2. The molecular weight excluding hydrogens is 325 g/mol. The standard InChI is InChI=1S/C19H20FNO4/c1-13-3-7-15(11-17(13)20)21-18(22)12-25-19(23)10-6-14-4-8-16(24-2)9-5-14/h3-5,7-9,11H,6,10,12H2,1-2H3,(H,21,22). The van der Waals surface area contributed by atoms with Crippen molar-refractivity contribution in [2.24, 2.45) is 0 Å². The summed E-state index contributed by atoms with van der Waals surface area (Å²) in [6.07, 6.45) is 0.673. The first-order valence-electron chi connectivity index (χ1n) is 7.82. The van der Waals surface area contributed by atoms with E-state index in [2.05, 4.69) is 5.32 Å². The van der Waals surface area contributed by atoms with Gasteiger partial charge in [-0.3, -0.25) is 9.59 Å². The summed E-state index contributed by atoms with van der Waals surface area (Å²) in [5, 5.41) is 2.48. The molecule has 0 aromatic heterocycles. The maximum Gasteiger partial charge on any atom is 0.306 e. The largest absolute Gasteiger partial charge is 0.497 e. The van der Waals surface area contributed by atoms with Crippen molar-refractivity contribution < 1.29 is 23.5 Å². The number of nitrogens with one attached hydrogen (secondary N) is 1. The molecule has 0 aliphatic rings. The zero-order valence-electron chi connectivity index (χ0n) is 14.2. The lowest BCUT2D eigenvalue weighted by Gasteiger charge is -2.08. The summed E-state index contributed by atoms with van der Waals surface area (Å²) in [4.78, 5) is 23.4. The number of rotatable bonds is 7. The van der Waals surface area contributed by atoms with Gasteiger partial charge in [-0.15, -0.1) is 0 Å². The van der Waals surface area contributed by atoms with Gasteiger partial charge in [-0.25, -0.2) is 4.39 Å². The van der Waals surface area contributed by atoms with Crippen LogP contribution in [0.5, 0.6) is 5.75 Å². The van der Waals surface area contributed by atoms with Crippen LogP contribution in [0.4, 0.5) is 10.1 Å². The van der Waals surface area contributed by atoms with Crippen molar-refractivity contribution in [2.75, 3.05) is 19.0 Å². The number of anilines is 1. The lowest BCUT2D eigenvalue weighted by molar-refractivity contribution is -0.147. The number of ether oxygens (including phenoxy) is 2. The van der Waals surface area contributed by atoms with Gasteiger partial charge in [0.25, 0.3) is 5.91 Å². The van der Waals surface area contributed by atoms with Crippen LogP contribution in [0, 0.1) is 12.7 Å². The fourth-order valence-electron chi connectivity index (χ4n) is 2.12. The van der Waals surface area contributed by atoms with Crippen molar-refractivity contribution in [2.45, 2.75) is 19.8 Å². The van der Waals surface area contributed by atoms with E-state index < -0.39 is 24.3 Å². The molecule has 0 radical (unpaired) electrons. The van der Waals surface area contributed by atoms with Crippen LogP contribution < -0.4 is 10.1 Å². The van der Waals surface area contributed by atoms with E-state index in [4.69, 9.17) is 9.47 Å². The molecule has 0 aliphatic heterocycles. The number of hydrogen-bond donors (Lipinski definition) is 1. The van der Waals surface area contributed by atoms with Crippen LogP contribution in [0.1, 0.15) is 17.5 Å². The summed E-state index contributed by atoms with van der Waals surface area (Å²) in [6, 6.07) is 11.7. The highest BCUT2D eigenvalue weighted by Gasteiger charge is 2.09. The topological polar surface area (TPSA) is 64.6 Å². The van der Waals surface area contributed by atoms with Crippen molar-refractivity contribution in [1.29, 1.82) is 0 Å². The number of halogens is 1. The highest BCUT2D eigenvalue weighted by atomic mass is 19.1. The van der Waals surface area contributed by atoms with E-state index in [-0.39, 0.29) is 6.42 Å². The highest BCUT2D eigenvalue weighted by Crippen LogP contribution is 2.14. The minimum absolute atomic E-state index is 0.165. The quantitative estimate of drug-likeness (QED) is 0.783. The average Bonchev–Trinajstić information content (AvgIpc) is 2.61. The number of aryl methyl sites for hydroxylation is 2. The molecule has 2 rings (SSSR count). The van der Waals surface area contributed by atoms with Gasteiger partial charge in [-0.1, -0.05) is 18.2 Å². The molecule has 0 aliphatic carbocycles. The summed E-state index contributed by atoms with van der Waals surface area (Å²) in [7, 11) is 1.59. The maximum atomic E-state index is 13.4. The molecule has 0 atom stereocenters. The Labute approximate surface area is 145 Å². The first-order valence-corrected chi connectivity index (χ1v) is 7.82. The Hall–Kier alpha value is -2.89. The molecule has 0 fully saturated rings. The third kappa shape index (κ3) is 5.91. The van der Waals surface area contributed by atoms with E-state index in [9.17, 15) is 14.0 Å². The number of esters is 1. The van der Waals surface area contributed by atoms with Gasteiger partial charge in [0.15, 0.2) is 6.61 Å². The zero-order chi connectivity index (χ0) is 18.2. The van der Waals surface area contributed by atoms with E-state index in [1.54, 1.807) is 26.2 Å². The Balaban J connectivity index is 1.73. The Bertz CT molecular complexity index is 744. The van der Waals surface area contributed by atoms with E-state index in [1.807, 2.05) is 24.3 Å². The molecule has 132 valence electrons. The molecule has 25 heavy (non-hydrogen) atoms. The van der Waals surface area contributed by atoms with Crippen molar-refractivity contribution in [3.63, 3.8) is 0 Å². The second-order valence-corrected chi connectivity index (χ2v) is 5.52. The molecule has 0 saturated carbocycles. The number of carbonyl (C=O) groups is 2. The molecule has 6 heteroatoms. The molecule has 1 amide bonds. The van der Waals surface area contributed by atoms with Crippen molar-refractivity contribution in [3.8, 4) is 5.75 Å². The minimum atomic E-state index is -0.513. The van der Waals surface area contributed by atoms with Crippen molar-refractivity contribution in [1.82, 2.24) is 0 Å². The predicted octanol–water partition coefficient (Wildman–Crippen LogP) is 3.26. The molecular formula is C19H20FNO4. The number of carbonyl (C=O) groups excluding carboxylic acids is 2. The van der Waals surface area contributed by atoms with E-state index >= 15 is 0 Å². The molecule has 0 spiro atoms. The van der Waals surface area contributed by atoms with Gasteiger partial charge in [0.1, 0.15) is 11.6 Å². The number of methoxy groups -OCH3 is 1. The van der Waals surface area contributed by atoms with Gasteiger partial charge in [0.2, 0.25) is 0 Å². The molecule has 2 aromatic carbocycles. The minimum Gasteiger partial charge on any atom is -0.497 e. The van der Waals surface area contributed by atoms with E-state index in [0.717, 1.165) is 11.3 Å². The second kappa shape index (κ2) is 8.82. The Kier molecular flexibility index (Phi) is 6.51. The summed E-state index contributed by atoms with van der Waals surface area (Å²) in [5.74, 6) is -0.646. The van der Waals surface area contributed by atoms with Gasteiger partial charge >= 0.3 is 5.97 Å². The van der Waals surface area contributed by atoms with Gasteiger partial charge in [0, 0.05) is 12.1 Å². The van der Waals surface area contributed by atoms with Crippen LogP contribution in [0.2, 0.25) is 0 Å². The Morgan fingerprint density at radius 1 is 1.12 bits per heavy atom. The number of amides is 1. The lowest BCUT2D eigenvalue weighted by Crippen LogP contribution is -2.21. The smallest absolute Gasteiger partial charge is 0.306 e. The summed E-state index contributed by atoms with van der Waals surface area (Å²) >= 11 is 0. The summed E-state index contributed by atoms with van der Waals surface area (Å²) in [6.45, 7) is 1.22. The first-order chi connectivity index (χ1) is 12.0. The maximum absolute atomic E-state index is 13.4. The average molecular weight is 345 g/mol. The lowest BCUT2D eigenvalue weighted by atomic mass is 10.1. The zero-order valence-corrected chi connectivity index (χ0v) is 14.2. The van der Waals surface area contributed by atoms with E-state index in [1.165, 1.54) is 6.07 Å². The van der Waals surface area contributed by atoms with Crippen LogP contribution in [0.25, 0.3) is 0 Å². The van der Waals surface area contributed by atoms with Gasteiger partial charge in [0.05, 0.1) is 7.11 Å². The Morgan fingerprint density at radius 3 is 2.48 bits per heavy atom. The molecule has 5 nitrogen and oxygen atoms in total. The number of benzene rings is 2. The highest BCUT2D eigenvalue weighted by molar-refractivity contribution is 5.92. The third-order valence-electron chi connectivity index (χ3n) is 3.60. The second-order valence-electron chi connectivity index (χ2n) is 5.52. The molecule has 2 aromatic rings. The fourth-order valence-corrected chi connectivity index (χ4v) is 2.12. The summed E-state index contributed by atoms with van der Waals surface area (Å²) in [5.41, 5.74) is 1.78. The van der Waals surface area contributed by atoms with Crippen LogP contribution >= 0.6 is 0 Å². The van der Waals surface area contributed by atoms with Crippen LogP contribution in [0.15, 0.2) is 42.5 Å². The predicted molar refractivity (Wildman–Crippen MR) is 92.0 cm³/mol. The SMILES string of the molecule is COc1ccc(CCC(=O)OCC(=O)Nc2ccc(C)c(F)c2)cc1. The van der Waals surface area contributed by atoms with Gasteiger partial charge < -0.3 is 14.8 Å². The Morgan fingerprint density at radius 2 is 1.84 bits per heavy atom. The first kappa shape index (κ1) is 18.4. The molecule has 0 heterocycles. The van der Waals surface area contributed by atoms with Gasteiger partial charge in [-0.05, 0) is 48.7 Å². The van der Waals surface area contributed by atoms with Gasteiger partial charge in [-0.2, -0.15) is 0 Å². The van der Waals surface area contributed by atoms with Crippen molar-refractivity contribution >= 4 is 17.6 Å². The molecule has 0 saturated heterocycles. The molecule has 0 bridgehead atoms. The van der Waals surface area contributed by atoms with Crippen LogP contribution in [-0.2, 0) is 20.7 Å². The molecule has 1 N–H and O–H groups in total.